The minimum atomic E-state index is 0.579. The van der Waals surface area contributed by atoms with Crippen LogP contribution in [0.25, 0.3) is 0 Å². The number of ether oxygens (including phenoxy) is 1. The van der Waals surface area contributed by atoms with E-state index in [2.05, 4.69) is 61.6 Å². The second kappa shape index (κ2) is 10.00. The Bertz CT molecular complexity index is 779. The van der Waals surface area contributed by atoms with Crippen molar-refractivity contribution >= 4 is 5.96 Å². The largest absolute Gasteiger partial charge is 0.494 e. The van der Waals surface area contributed by atoms with Crippen molar-refractivity contribution in [3.63, 3.8) is 0 Å². The smallest absolute Gasteiger partial charge is 0.191 e. The number of aryl methyl sites for hydroxylation is 3. The van der Waals surface area contributed by atoms with E-state index in [-0.39, 0.29) is 0 Å². The molecule has 1 heterocycles. The van der Waals surface area contributed by atoms with Crippen molar-refractivity contribution in [2.24, 2.45) is 12.0 Å². The van der Waals surface area contributed by atoms with Crippen LogP contribution in [0.1, 0.15) is 41.9 Å². The minimum Gasteiger partial charge on any atom is -0.494 e. The van der Waals surface area contributed by atoms with Crippen molar-refractivity contribution in [3.05, 3.63) is 46.3 Å². The first-order valence-corrected chi connectivity index (χ1v) is 9.69. The van der Waals surface area contributed by atoms with Crippen LogP contribution < -0.4 is 15.4 Å². The second-order valence-corrected chi connectivity index (χ2v) is 6.69. The molecule has 0 aliphatic heterocycles. The summed E-state index contributed by atoms with van der Waals surface area (Å²) in [6.45, 7) is 13.2. The molecule has 2 rings (SSSR count). The maximum atomic E-state index is 5.76. The Kier molecular flexibility index (Phi) is 7.70. The molecule has 2 N–H and O–H groups in total. The van der Waals surface area contributed by atoms with E-state index in [9.17, 15) is 0 Å². The molecule has 0 fully saturated rings. The van der Waals surface area contributed by atoms with Gasteiger partial charge in [-0.15, -0.1) is 0 Å². The molecule has 148 valence electrons. The van der Waals surface area contributed by atoms with E-state index in [0.717, 1.165) is 42.5 Å². The SMILES string of the molecule is CCNC(=NCc1ccc(C)cc1OCC)NCCc1c(C)nn(C)c1C. The first kappa shape index (κ1) is 20.8. The fourth-order valence-electron chi connectivity index (χ4n) is 3.07. The Hall–Kier alpha value is -2.50. The number of aromatic nitrogens is 2. The molecule has 0 saturated carbocycles. The third-order valence-electron chi connectivity index (χ3n) is 4.60. The second-order valence-electron chi connectivity index (χ2n) is 6.69. The zero-order valence-electron chi connectivity index (χ0n) is 17.5. The molecule has 0 radical (unpaired) electrons. The van der Waals surface area contributed by atoms with Gasteiger partial charge in [-0.2, -0.15) is 5.10 Å². The number of nitrogens with zero attached hydrogens (tertiary/aromatic N) is 3. The van der Waals surface area contributed by atoms with Crippen LogP contribution in [0.5, 0.6) is 5.75 Å². The molecule has 0 spiro atoms. The van der Waals surface area contributed by atoms with Crippen molar-refractivity contribution in [2.75, 3.05) is 19.7 Å². The van der Waals surface area contributed by atoms with Crippen LogP contribution in [0, 0.1) is 20.8 Å². The molecule has 2 aromatic rings. The zero-order chi connectivity index (χ0) is 19.8. The van der Waals surface area contributed by atoms with Gasteiger partial charge >= 0.3 is 0 Å². The summed E-state index contributed by atoms with van der Waals surface area (Å²) in [6, 6.07) is 6.26. The van der Waals surface area contributed by atoms with Crippen LogP contribution in [0.15, 0.2) is 23.2 Å². The van der Waals surface area contributed by atoms with E-state index < -0.39 is 0 Å². The molecule has 6 heteroatoms. The number of guanidine groups is 1. The van der Waals surface area contributed by atoms with E-state index >= 15 is 0 Å². The van der Waals surface area contributed by atoms with E-state index in [1.54, 1.807) is 0 Å². The molecule has 0 aliphatic rings. The molecular weight excluding hydrogens is 338 g/mol. The van der Waals surface area contributed by atoms with Gasteiger partial charge in [0.1, 0.15) is 5.75 Å². The van der Waals surface area contributed by atoms with Crippen LogP contribution in [0.3, 0.4) is 0 Å². The van der Waals surface area contributed by atoms with Gasteiger partial charge in [-0.25, -0.2) is 4.99 Å². The van der Waals surface area contributed by atoms with Gasteiger partial charge in [-0.1, -0.05) is 12.1 Å². The number of benzene rings is 1. The van der Waals surface area contributed by atoms with Crippen LogP contribution in [-0.4, -0.2) is 35.4 Å². The molecule has 27 heavy (non-hydrogen) atoms. The Labute approximate surface area is 163 Å². The van der Waals surface area contributed by atoms with Crippen LogP contribution >= 0.6 is 0 Å². The Morgan fingerprint density at radius 2 is 1.96 bits per heavy atom. The number of aliphatic imine (C=N–C) groups is 1. The highest BCUT2D eigenvalue weighted by Crippen LogP contribution is 2.21. The van der Waals surface area contributed by atoms with Gasteiger partial charge in [0, 0.05) is 31.4 Å². The standard InChI is InChI=1S/C21H33N5O/c1-7-22-21(23-12-11-19-16(4)25-26(6)17(19)5)24-14-18-10-9-15(3)13-20(18)27-8-2/h9-10,13H,7-8,11-12,14H2,1-6H3,(H2,22,23,24). The Balaban J connectivity index is 2.02. The topological polar surface area (TPSA) is 63.5 Å². The molecule has 1 aromatic heterocycles. The van der Waals surface area contributed by atoms with Gasteiger partial charge in [0.25, 0.3) is 0 Å². The van der Waals surface area contributed by atoms with Crippen LogP contribution in [-0.2, 0) is 20.0 Å². The summed E-state index contributed by atoms with van der Waals surface area (Å²) in [7, 11) is 1.99. The number of hydrogen-bond donors (Lipinski definition) is 2. The lowest BCUT2D eigenvalue weighted by Crippen LogP contribution is -2.38. The average molecular weight is 372 g/mol. The van der Waals surface area contributed by atoms with Crippen LogP contribution in [0.2, 0.25) is 0 Å². The van der Waals surface area contributed by atoms with E-state index in [0.29, 0.717) is 13.2 Å². The minimum absolute atomic E-state index is 0.579. The fraction of sp³-hybridized carbons (Fsp3) is 0.524. The third-order valence-corrected chi connectivity index (χ3v) is 4.60. The Morgan fingerprint density at radius 3 is 2.59 bits per heavy atom. The summed E-state index contributed by atoms with van der Waals surface area (Å²) in [5, 5.41) is 11.2. The number of hydrogen-bond acceptors (Lipinski definition) is 3. The van der Waals surface area contributed by atoms with Crippen molar-refractivity contribution in [3.8, 4) is 5.75 Å². The lowest BCUT2D eigenvalue weighted by atomic mass is 10.1. The third kappa shape index (κ3) is 5.74. The highest BCUT2D eigenvalue weighted by atomic mass is 16.5. The monoisotopic (exact) mass is 371 g/mol. The first-order valence-electron chi connectivity index (χ1n) is 9.69. The summed E-state index contributed by atoms with van der Waals surface area (Å²) < 4.78 is 7.70. The highest BCUT2D eigenvalue weighted by Gasteiger charge is 2.09. The van der Waals surface area contributed by atoms with E-state index in [1.807, 2.05) is 18.7 Å². The van der Waals surface area contributed by atoms with E-state index in [1.165, 1.54) is 16.8 Å². The quantitative estimate of drug-likeness (QED) is 0.553. The molecule has 0 unspecified atom stereocenters. The number of rotatable bonds is 8. The highest BCUT2D eigenvalue weighted by molar-refractivity contribution is 5.79. The molecule has 0 amide bonds. The van der Waals surface area contributed by atoms with Crippen LogP contribution in [0.4, 0.5) is 0 Å². The molecule has 1 aromatic carbocycles. The molecule has 0 aliphatic carbocycles. The average Bonchev–Trinajstić information content (AvgIpc) is 2.87. The predicted octanol–water partition coefficient (Wildman–Crippen LogP) is 3.04. The molecule has 0 atom stereocenters. The normalized spacial score (nSPS) is 11.6. The lowest BCUT2D eigenvalue weighted by molar-refractivity contribution is 0.336. The van der Waals surface area contributed by atoms with Gasteiger partial charge < -0.3 is 15.4 Å². The summed E-state index contributed by atoms with van der Waals surface area (Å²) >= 11 is 0. The fourth-order valence-corrected chi connectivity index (χ4v) is 3.07. The number of nitrogens with one attached hydrogen (secondary N) is 2. The van der Waals surface area contributed by atoms with Crippen molar-refractivity contribution < 1.29 is 4.74 Å². The lowest BCUT2D eigenvalue weighted by Gasteiger charge is -2.13. The van der Waals surface area contributed by atoms with Gasteiger partial charge in [-0.3, -0.25) is 4.68 Å². The van der Waals surface area contributed by atoms with Gasteiger partial charge in [0.15, 0.2) is 5.96 Å². The van der Waals surface area contributed by atoms with E-state index in [4.69, 9.17) is 9.73 Å². The zero-order valence-corrected chi connectivity index (χ0v) is 17.5. The van der Waals surface area contributed by atoms with Crippen molar-refractivity contribution in [1.29, 1.82) is 0 Å². The first-order chi connectivity index (χ1) is 13.0. The summed E-state index contributed by atoms with van der Waals surface area (Å²) in [5.41, 5.74) is 5.91. The molecular formula is C21H33N5O. The van der Waals surface area contributed by atoms with Gasteiger partial charge in [0.2, 0.25) is 0 Å². The maximum Gasteiger partial charge on any atom is 0.191 e. The summed E-state index contributed by atoms with van der Waals surface area (Å²) in [4.78, 5) is 4.73. The molecule has 0 bridgehead atoms. The maximum absolute atomic E-state index is 5.76. The molecule has 6 nitrogen and oxygen atoms in total. The summed E-state index contributed by atoms with van der Waals surface area (Å²) in [5.74, 6) is 1.73. The van der Waals surface area contributed by atoms with Crippen molar-refractivity contribution in [2.45, 2.75) is 47.6 Å². The summed E-state index contributed by atoms with van der Waals surface area (Å²) in [6.07, 6.45) is 0.921. The predicted molar refractivity (Wildman–Crippen MR) is 112 cm³/mol. The van der Waals surface area contributed by atoms with Gasteiger partial charge in [-0.05, 0) is 58.2 Å². The molecule has 0 saturated heterocycles. The Morgan fingerprint density at radius 1 is 1.19 bits per heavy atom. The van der Waals surface area contributed by atoms with Crippen molar-refractivity contribution in [1.82, 2.24) is 20.4 Å². The van der Waals surface area contributed by atoms with Gasteiger partial charge in [0.05, 0.1) is 18.8 Å².